The van der Waals surface area contributed by atoms with E-state index in [2.05, 4.69) is 26.2 Å². The van der Waals surface area contributed by atoms with Gasteiger partial charge in [0.25, 0.3) is 5.91 Å². The number of nitrogens with zero attached hydrogens (tertiary/aromatic N) is 2. The lowest BCUT2D eigenvalue weighted by Crippen LogP contribution is -2.40. The summed E-state index contributed by atoms with van der Waals surface area (Å²) in [4.78, 5) is 20.2. The molecular weight excluding hydrogens is 374 g/mol. The number of carbonyl (C=O) groups is 1. The number of hydrogen-bond acceptors (Lipinski definition) is 4. The first-order valence-corrected chi connectivity index (χ1v) is 9.57. The monoisotopic (exact) mass is 393 g/mol. The fourth-order valence-corrected chi connectivity index (χ4v) is 4.29. The minimum absolute atomic E-state index is 0.109. The summed E-state index contributed by atoms with van der Waals surface area (Å²) in [6.45, 7) is 2.57. The number of nitrogens with one attached hydrogen (secondary N) is 1. The summed E-state index contributed by atoms with van der Waals surface area (Å²) in [5.74, 6) is 0.109. The van der Waals surface area contributed by atoms with Crippen LogP contribution in [0.15, 0.2) is 40.3 Å². The number of halogens is 1. The Morgan fingerprint density at radius 1 is 1.39 bits per heavy atom. The minimum atomic E-state index is 0.109. The van der Waals surface area contributed by atoms with E-state index >= 15 is 0 Å². The Labute approximate surface area is 149 Å². The van der Waals surface area contributed by atoms with Crippen molar-refractivity contribution in [3.05, 3.63) is 50.9 Å². The predicted octanol–water partition coefficient (Wildman–Crippen LogP) is 3.69. The van der Waals surface area contributed by atoms with Gasteiger partial charge >= 0.3 is 0 Å². The number of rotatable bonds is 4. The van der Waals surface area contributed by atoms with Crippen LogP contribution in [0, 0.1) is 0 Å². The highest BCUT2D eigenvalue weighted by Gasteiger charge is 2.26. The van der Waals surface area contributed by atoms with E-state index < -0.39 is 0 Å². The van der Waals surface area contributed by atoms with Gasteiger partial charge < -0.3 is 10.2 Å². The largest absolute Gasteiger partial charge is 0.329 e. The summed E-state index contributed by atoms with van der Waals surface area (Å²) in [5, 5.41) is 5.38. The number of hydrogen-bond donors (Lipinski definition) is 1. The van der Waals surface area contributed by atoms with Gasteiger partial charge in [-0.1, -0.05) is 6.07 Å². The quantitative estimate of drug-likeness (QED) is 0.861. The third kappa shape index (κ3) is 4.40. The van der Waals surface area contributed by atoms with Gasteiger partial charge in [0.1, 0.15) is 0 Å². The van der Waals surface area contributed by atoms with E-state index in [4.69, 9.17) is 0 Å². The van der Waals surface area contributed by atoms with Crippen molar-refractivity contribution in [2.75, 3.05) is 13.1 Å². The van der Waals surface area contributed by atoms with Crippen molar-refractivity contribution < 1.29 is 4.79 Å². The molecule has 4 nitrogen and oxygen atoms in total. The molecule has 6 heteroatoms. The average molecular weight is 394 g/mol. The highest BCUT2D eigenvalue weighted by molar-refractivity contribution is 9.10. The molecule has 1 N–H and O–H groups in total. The van der Waals surface area contributed by atoms with Crippen molar-refractivity contribution in [1.29, 1.82) is 0 Å². The Balaban J connectivity index is 1.84. The van der Waals surface area contributed by atoms with Crippen LogP contribution in [0.2, 0.25) is 0 Å². The van der Waals surface area contributed by atoms with Crippen molar-refractivity contribution in [2.24, 2.45) is 0 Å². The van der Waals surface area contributed by atoms with Crippen LogP contribution in [0.3, 0.4) is 0 Å². The molecule has 1 saturated heterocycles. The summed E-state index contributed by atoms with van der Waals surface area (Å²) in [7, 11) is 0. The van der Waals surface area contributed by atoms with Crippen LogP contribution in [0.1, 0.15) is 34.6 Å². The van der Waals surface area contributed by atoms with Gasteiger partial charge in [-0.3, -0.25) is 9.78 Å². The molecule has 1 aliphatic rings. The standard InChI is InChI=1S/C17H20BrN3OS/c18-13-10-16(23-12-13)17(22)21(11-14-4-1-2-8-20-14)15-5-3-7-19-9-6-15/h1-2,4,8,10,12,15,19H,3,5-7,9,11H2. The van der Waals surface area contributed by atoms with Crippen LogP contribution in [0.25, 0.3) is 0 Å². The van der Waals surface area contributed by atoms with Crippen LogP contribution in [0.5, 0.6) is 0 Å². The maximum atomic E-state index is 13.0. The Kier molecular flexibility index (Phi) is 5.80. The molecule has 3 rings (SSSR count). The molecule has 0 aromatic carbocycles. The smallest absolute Gasteiger partial charge is 0.264 e. The second-order valence-electron chi connectivity index (χ2n) is 5.72. The average Bonchev–Trinajstić information content (AvgIpc) is 2.84. The zero-order valence-corrected chi connectivity index (χ0v) is 15.3. The van der Waals surface area contributed by atoms with E-state index in [1.165, 1.54) is 11.3 Å². The van der Waals surface area contributed by atoms with Crippen molar-refractivity contribution in [2.45, 2.75) is 31.8 Å². The third-order valence-electron chi connectivity index (χ3n) is 4.08. The van der Waals surface area contributed by atoms with E-state index in [0.29, 0.717) is 6.54 Å². The Hall–Kier alpha value is -1.24. The number of amides is 1. The second-order valence-corrected chi connectivity index (χ2v) is 7.54. The lowest BCUT2D eigenvalue weighted by molar-refractivity contribution is 0.0647. The summed E-state index contributed by atoms with van der Waals surface area (Å²) < 4.78 is 0.964. The van der Waals surface area contributed by atoms with Crippen molar-refractivity contribution in [3.8, 4) is 0 Å². The van der Waals surface area contributed by atoms with Crippen molar-refractivity contribution in [3.63, 3.8) is 0 Å². The van der Waals surface area contributed by atoms with E-state index in [1.807, 2.05) is 34.5 Å². The summed E-state index contributed by atoms with van der Waals surface area (Å²) >= 11 is 4.93. The normalized spacial score (nSPS) is 18.4. The molecule has 1 unspecified atom stereocenters. The molecule has 122 valence electrons. The highest BCUT2D eigenvalue weighted by atomic mass is 79.9. The molecule has 0 radical (unpaired) electrons. The maximum Gasteiger partial charge on any atom is 0.264 e. The maximum absolute atomic E-state index is 13.0. The molecule has 1 fully saturated rings. The minimum Gasteiger partial charge on any atom is -0.329 e. The summed E-state index contributed by atoms with van der Waals surface area (Å²) in [6.07, 6.45) is 4.92. The van der Waals surface area contributed by atoms with Crippen LogP contribution in [-0.4, -0.2) is 34.9 Å². The second kappa shape index (κ2) is 8.04. The molecule has 3 heterocycles. The van der Waals surface area contributed by atoms with Gasteiger partial charge in [-0.25, -0.2) is 0 Å². The number of thiophene rings is 1. The van der Waals surface area contributed by atoms with Crippen LogP contribution in [-0.2, 0) is 6.54 Å². The molecule has 0 aliphatic carbocycles. The van der Waals surface area contributed by atoms with Gasteiger partial charge in [-0.15, -0.1) is 11.3 Å². The zero-order chi connectivity index (χ0) is 16.1. The topological polar surface area (TPSA) is 45.2 Å². The summed E-state index contributed by atoms with van der Waals surface area (Å²) in [6, 6.07) is 8.04. The predicted molar refractivity (Wildman–Crippen MR) is 96.6 cm³/mol. The lowest BCUT2D eigenvalue weighted by Gasteiger charge is -2.30. The van der Waals surface area contributed by atoms with Gasteiger partial charge in [0.15, 0.2) is 0 Å². The first-order valence-electron chi connectivity index (χ1n) is 7.89. The summed E-state index contributed by atoms with van der Waals surface area (Å²) in [5.41, 5.74) is 0.939. The molecule has 1 amide bonds. The van der Waals surface area contributed by atoms with Crippen LogP contribution in [0.4, 0.5) is 0 Å². The van der Waals surface area contributed by atoms with Crippen LogP contribution >= 0.6 is 27.3 Å². The molecule has 23 heavy (non-hydrogen) atoms. The zero-order valence-electron chi connectivity index (χ0n) is 12.9. The molecule has 0 spiro atoms. The first kappa shape index (κ1) is 16.6. The first-order chi connectivity index (χ1) is 11.2. The van der Waals surface area contributed by atoms with Gasteiger partial charge in [0, 0.05) is 22.1 Å². The Morgan fingerprint density at radius 3 is 3.04 bits per heavy atom. The lowest BCUT2D eigenvalue weighted by atomic mass is 10.1. The van der Waals surface area contributed by atoms with Gasteiger partial charge in [0.05, 0.1) is 17.1 Å². The molecule has 1 atom stereocenters. The van der Waals surface area contributed by atoms with Crippen molar-refractivity contribution >= 4 is 33.2 Å². The Morgan fingerprint density at radius 2 is 2.30 bits per heavy atom. The fourth-order valence-electron chi connectivity index (χ4n) is 2.91. The number of pyridine rings is 1. The molecule has 2 aromatic heterocycles. The SMILES string of the molecule is O=C(c1cc(Br)cs1)N(Cc1ccccn1)C1CCCNCC1. The van der Waals surface area contributed by atoms with Gasteiger partial charge in [-0.05, 0) is 66.5 Å². The van der Waals surface area contributed by atoms with E-state index in [-0.39, 0.29) is 11.9 Å². The molecular formula is C17H20BrN3OS. The van der Waals surface area contributed by atoms with Crippen molar-refractivity contribution in [1.82, 2.24) is 15.2 Å². The fraction of sp³-hybridized carbons (Fsp3) is 0.412. The molecule has 1 aliphatic heterocycles. The van der Waals surface area contributed by atoms with Gasteiger partial charge in [0.2, 0.25) is 0 Å². The van der Waals surface area contributed by atoms with Crippen LogP contribution < -0.4 is 5.32 Å². The van der Waals surface area contributed by atoms with Gasteiger partial charge in [-0.2, -0.15) is 0 Å². The number of aromatic nitrogens is 1. The highest BCUT2D eigenvalue weighted by Crippen LogP contribution is 2.25. The molecule has 0 saturated carbocycles. The Bertz CT molecular complexity index is 638. The number of carbonyl (C=O) groups excluding carboxylic acids is 1. The molecule has 2 aromatic rings. The van der Waals surface area contributed by atoms with E-state index in [9.17, 15) is 4.79 Å². The van der Waals surface area contributed by atoms with E-state index in [0.717, 1.165) is 47.4 Å². The third-order valence-corrected chi connectivity index (χ3v) is 5.76. The molecule has 0 bridgehead atoms. The van der Waals surface area contributed by atoms with E-state index in [1.54, 1.807) is 6.20 Å².